The summed E-state index contributed by atoms with van der Waals surface area (Å²) in [4.78, 5) is 25.0. The summed E-state index contributed by atoms with van der Waals surface area (Å²) >= 11 is 0. The Balaban J connectivity index is 1.26. The zero-order valence-corrected chi connectivity index (χ0v) is 18.6. The van der Waals surface area contributed by atoms with E-state index >= 15 is 0 Å². The van der Waals surface area contributed by atoms with Gasteiger partial charge in [-0.05, 0) is 29.8 Å². The molecule has 0 spiro atoms. The van der Waals surface area contributed by atoms with Gasteiger partial charge in [-0.15, -0.1) is 0 Å². The Hall–Kier alpha value is -3.90. The number of amides is 1. The minimum atomic E-state index is -0.327. The van der Waals surface area contributed by atoms with Crippen molar-refractivity contribution in [1.29, 1.82) is 5.26 Å². The van der Waals surface area contributed by atoms with E-state index in [0.717, 1.165) is 36.5 Å². The molecule has 0 bridgehead atoms. The lowest BCUT2D eigenvalue weighted by Gasteiger charge is -2.34. The Morgan fingerprint density at radius 2 is 1.91 bits per heavy atom. The molecule has 1 aromatic carbocycles. The summed E-state index contributed by atoms with van der Waals surface area (Å²) < 4.78 is 12.8. The van der Waals surface area contributed by atoms with Crippen LogP contribution < -0.4 is 4.74 Å². The van der Waals surface area contributed by atoms with Gasteiger partial charge in [0.1, 0.15) is 6.61 Å². The number of hydrogen-bond acceptors (Lipinski definition) is 7. The highest BCUT2D eigenvalue weighted by molar-refractivity contribution is 5.67. The van der Waals surface area contributed by atoms with E-state index < -0.39 is 0 Å². The van der Waals surface area contributed by atoms with Crippen LogP contribution in [0.4, 0.5) is 4.79 Å². The number of nitriles is 1. The van der Waals surface area contributed by atoms with E-state index in [1.54, 1.807) is 24.3 Å². The average molecular weight is 447 g/mol. The Labute approximate surface area is 192 Å². The average Bonchev–Trinajstić information content (AvgIpc) is 3.29. The number of ether oxygens (including phenoxy) is 2. The fourth-order valence-corrected chi connectivity index (χ4v) is 3.77. The van der Waals surface area contributed by atoms with Crippen LogP contribution in [0.1, 0.15) is 22.4 Å². The maximum Gasteiger partial charge on any atom is 0.410 e. The molecule has 9 nitrogen and oxygen atoms in total. The van der Waals surface area contributed by atoms with Crippen LogP contribution in [0.2, 0.25) is 0 Å². The van der Waals surface area contributed by atoms with Crippen molar-refractivity contribution in [3.05, 3.63) is 77.5 Å². The molecular formula is C24H26N6O3. The van der Waals surface area contributed by atoms with Gasteiger partial charge in [-0.1, -0.05) is 12.1 Å². The molecule has 9 heteroatoms. The van der Waals surface area contributed by atoms with Crippen LogP contribution in [0.25, 0.3) is 0 Å². The predicted molar refractivity (Wildman–Crippen MR) is 120 cm³/mol. The predicted octanol–water partition coefficient (Wildman–Crippen LogP) is 2.66. The van der Waals surface area contributed by atoms with Crippen molar-refractivity contribution in [3.63, 3.8) is 0 Å². The summed E-state index contributed by atoms with van der Waals surface area (Å²) in [6.07, 6.45) is 5.02. The smallest absolute Gasteiger partial charge is 0.410 e. The number of benzene rings is 1. The molecule has 0 N–H and O–H groups in total. The summed E-state index contributed by atoms with van der Waals surface area (Å²) in [5, 5.41) is 8.96. The van der Waals surface area contributed by atoms with Gasteiger partial charge in [0.25, 0.3) is 0 Å². The van der Waals surface area contributed by atoms with Crippen molar-refractivity contribution in [1.82, 2.24) is 24.3 Å². The van der Waals surface area contributed by atoms with Crippen molar-refractivity contribution >= 4 is 6.09 Å². The molecule has 0 aliphatic carbocycles. The van der Waals surface area contributed by atoms with Gasteiger partial charge in [0, 0.05) is 51.7 Å². The van der Waals surface area contributed by atoms with Crippen molar-refractivity contribution in [2.75, 3.05) is 33.3 Å². The van der Waals surface area contributed by atoms with Crippen LogP contribution in [-0.2, 0) is 24.4 Å². The lowest BCUT2D eigenvalue weighted by Crippen LogP contribution is -2.48. The van der Waals surface area contributed by atoms with Gasteiger partial charge < -0.3 is 18.9 Å². The van der Waals surface area contributed by atoms with E-state index in [2.05, 4.69) is 25.5 Å². The molecule has 0 saturated carbocycles. The van der Waals surface area contributed by atoms with E-state index in [1.165, 1.54) is 0 Å². The SMILES string of the molecule is COc1ncccc1COC(=O)N1CCN(Cc2cncn2Cc2ccc(C#N)cc2)CC1. The molecule has 33 heavy (non-hydrogen) atoms. The van der Waals surface area contributed by atoms with Crippen LogP contribution >= 0.6 is 0 Å². The third kappa shape index (κ3) is 5.67. The zero-order valence-electron chi connectivity index (χ0n) is 18.6. The van der Waals surface area contributed by atoms with Crippen LogP contribution in [0, 0.1) is 11.3 Å². The first-order chi connectivity index (χ1) is 16.2. The Kier molecular flexibility index (Phi) is 7.17. The Morgan fingerprint density at radius 1 is 1.12 bits per heavy atom. The van der Waals surface area contributed by atoms with Crippen LogP contribution in [0.3, 0.4) is 0 Å². The number of rotatable bonds is 7. The van der Waals surface area contributed by atoms with Crippen molar-refractivity contribution in [3.8, 4) is 11.9 Å². The van der Waals surface area contributed by atoms with Crippen LogP contribution in [-0.4, -0.2) is 63.7 Å². The molecule has 0 radical (unpaired) electrons. The number of carbonyl (C=O) groups is 1. The minimum absolute atomic E-state index is 0.130. The van der Waals surface area contributed by atoms with Gasteiger partial charge >= 0.3 is 6.09 Å². The molecule has 1 aliphatic heterocycles. The molecule has 3 aromatic rings. The number of methoxy groups -OCH3 is 1. The Bertz CT molecular complexity index is 1110. The molecule has 0 atom stereocenters. The number of hydrogen-bond donors (Lipinski definition) is 0. The fourth-order valence-electron chi connectivity index (χ4n) is 3.77. The topological polar surface area (TPSA) is 96.5 Å². The second kappa shape index (κ2) is 10.6. The second-order valence-electron chi connectivity index (χ2n) is 7.81. The standard InChI is InChI=1S/C24H26N6O3/c1-32-23-21(3-2-8-27-23)17-33-24(31)29-11-9-28(10-12-29)16-22-14-26-18-30(22)15-20-6-4-19(13-25)5-7-20/h2-8,14,18H,9-12,15-17H2,1H3. The summed E-state index contributed by atoms with van der Waals surface area (Å²) in [6.45, 7) is 4.31. The molecule has 1 amide bonds. The molecule has 4 rings (SSSR count). The van der Waals surface area contributed by atoms with Gasteiger partial charge in [-0.2, -0.15) is 5.26 Å². The van der Waals surface area contributed by atoms with Crippen LogP contribution in [0.15, 0.2) is 55.1 Å². The quantitative estimate of drug-likeness (QED) is 0.550. The van der Waals surface area contributed by atoms with Gasteiger partial charge in [0.2, 0.25) is 5.88 Å². The molecule has 2 aromatic heterocycles. The molecule has 1 aliphatic rings. The number of pyridine rings is 1. The van der Waals surface area contributed by atoms with Crippen molar-refractivity contribution < 1.29 is 14.3 Å². The first-order valence-corrected chi connectivity index (χ1v) is 10.8. The highest BCUT2D eigenvalue weighted by Crippen LogP contribution is 2.16. The van der Waals surface area contributed by atoms with E-state index in [0.29, 0.717) is 31.1 Å². The van der Waals surface area contributed by atoms with Gasteiger partial charge in [0.15, 0.2) is 0 Å². The van der Waals surface area contributed by atoms with Crippen molar-refractivity contribution in [2.45, 2.75) is 19.7 Å². The third-order valence-electron chi connectivity index (χ3n) is 5.65. The largest absolute Gasteiger partial charge is 0.481 e. The number of aromatic nitrogens is 3. The fraction of sp³-hybridized carbons (Fsp3) is 0.333. The highest BCUT2D eigenvalue weighted by Gasteiger charge is 2.23. The van der Waals surface area contributed by atoms with E-state index in [-0.39, 0.29) is 12.7 Å². The second-order valence-corrected chi connectivity index (χ2v) is 7.81. The maximum absolute atomic E-state index is 12.5. The number of nitrogens with zero attached hydrogens (tertiary/aromatic N) is 6. The summed E-state index contributed by atoms with van der Waals surface area (Å²) in [7, 11) is 1.54. The molecule has 1 saturated heterocycles. The van der Waals surface area contributed by atoms with Gasteiger partial charge in [-0.3, -0.25) is 4.90 Å². The minimum Gasteiger partial charge on any atom is -0.481 e. The zero-order chi connectivity index (χ0) is 23.0. The molecule has 0 unspecified atom stereocenters. The van der Waals surface area contributed by atoms with E-state index in [1.807, 2.05) is 42.9 Å². The molecule has 1 fully saturated rings. The summed E-state index contributed by atoms with van der Waals surface area (Å²) in [6, 6.07) is 13.3. The highest BCUT2D eigenvalue weighted by atomic mass is 16.6. The lowest BCUT2D eigenvalue weighted by molar-refractivity contribution is 0.0690. The molecule has 3 heterocycles. The monoisotopic (exact) mass is 446 g/mol. The van der Waals surface area contributed by atoms with E-state index in [9.17, 15) is 4.79 Å². The normalized spacial score (nSPS) is 14.0. The first kappa shape index (κ1) is 22.3. The number of carbonyl (C=O) groups excluding carboxylic acids is 1. The molecular weight excluding hydrogens is 420 g/mol. The van der Waals surface area contributed by atoms with Gasteiger partial charge in [-0.25, -0.2) is 14.8 Å². The van der Waals surface area contributed by atoms with Crippen LogP contribution in [0.5, 0.6) is 5.88 Å². The third-order valence-corrected chi connectivity index (χ3v) is 5.65. The summed E-state index contributed by atoms with van der Waals surface area (Å²) in [5.74, 6) is 0.465. The number of piperazine rings is 1. The first-order valence-electron chi connectivity index (χ1n) is 10.8. The maximum atomic E-state index is 12.5. The van der Waals surface area contributed by atoms with Crippen molar-refractivity contribution in [2.24, 2.45) is 0 Å². The molecule has 170 valence electrons. The van der Waals surface area contributed by atoms with Gasteiger partial charge in [0.05, 0.1) is 36.3 Å². The summed E-state index contributed by atoms with van der Waals surface area (Å²) in [5.41, 5.74) is 3.62. The Morgan fingerprint density at radius 3 is 2.64 bits per heavy atom. The van der Waals surface area contributed by atoms with E-state index in [4.69, 9.17) is 14.7 Å². The lowest BCUT2D eigenvalue weighted by atomic mass is 10.1. The number of imidazole rings is 1.